The van der Waals surface area contributed by atoms with Crippen LogP contribution in [0.25, 0.3) is 6.08 Å². The molecule has 1 aromatic rings. The Morgan fingerprint density at radius 3 is 2.94 bits per heavy atom. The number of rotatable bonds is 3. The molecule has 1 heterocycles. The minimum Gasteiger partial charge on any atom is -0.481 e. The molecule has 2 rings (SSSR count). The third kappa shape index (κ3) is 2.94. The van der Waals surface area contributed by atoms with Gasteiger partial charge < -0.3 is 10.2 Å². The van der Waals surface area contributed by atoms with Gasteiger partial charge in [-0.25, -0.2) is 0 Å². The fourth-order valence-corrected chi connectivity index (χ4v) is 3.00. The highest BCUT2D eigenvalue weighted by Crippen LogP contribution is 2.32. The van der Waals surface area contributed by atoms with Crippen LogP contribution >= 0.6 is 11.8 Å². The maximum Gasteiger partial charge on any atom is 0.310 e. The minimum absolute atomic E-state index is 0.365. The third-order valence-corrected chi connectivity index (χ3v) is 4.24. The molecule has 0 bridgehead atoms. The van der Waals surface area contributed by atoms with E-state index in [0.29, 0.717) is 0 Å². The van der Waals surface area contributed by atoms with Crippen LogP contribution in [-0.2, 0) is 4.79 Å². The van der Waals surface area contributed by atoms with Crippen molar-refractivity contribution in [2.24, 2.45) is 0 Å². The van der Waals surface area contributed by atoms with Gasteiger partial charge in [0.05, 0.1) is 12.0 Å². The first kappa shape index (κ1) is 13.2. The van der Waals surface area contributed by atoms with Crippen molar-refractivity contribution in [3.63, 3.8) is 0 Å². The van der Waals surface area contributed by atoms with Crippen LogP contribution in [0.4, 0.5) is 0 Å². The number of aliphatic hydroxyl groups excluding tert-OH is 1. The lowest BCUT2D eigenvalue weighted by Crippen LogP contribution is -2.07. The van der Waals surface area contributed by atoms with Gasteiger partial charge in [0.1, 0.15) is 0 Å². The quantitative estimate of drug-likeness (QED) is 0.881. The van der Waals surface area contributed by atoms with E-state index in [1.54, 1.807) is 18.7 Å². The summed E-state index contributed by atoms with van der Waals surface area (Å²) in [6.45, 7) is 1.67. The molecule has 3 nitrogen and oxygen atoms in total. The first-order valence-electron chi connectivity index (χ1n) is 5.93. The number of aliphatic carboxylic acids is 1. The summed E-state index contributed by atoms with van der Waals surface area (Å²) in [5, 5.41) is 18.7. The van der Waals surface area contributed by atoms with Gasteiger partial charge in [0.25, 0.3) is 0 Å². The van der Waals surface area contributed by atoms with E-state index in [9.17, 15) is 9.90 Å². The Labute approximate surface area is 111 Å². The number of hydrogen-bond acceptors (Lipinski definition) is 3. The molecule has 96 valence electrons. The van der Waals surface area contributed by atoms with Crippen molar-refractivity contribution in [2.75, 3.05) is 5.75 Å². The molecule has 1 aromatic carbocycles. The predicted molar refractivity (Wildman–Crippen MR) is 73.6 cm³/mol. The van der Waals surface area contributed by atoms with E-state index in [0.717, 1.165) is 28.2 Å². The molecule has 2 atom stereocenters. The zero-order valence-corrected chi connectivity index (χ0v) is 11.0. The van der Waals surface area contributed by atoms with E-state index in [-0.39, 0.29) is 6.10 Å². The van der Waals surface area contributed by atoms with Gasteiger partial charge in [-0.3, -0.25) is 4.79 Å². The fourth-order valence-electron chi connectivity index (χ4n) is 1.89. The molecule has 18 heavy (non-hydrogen) atoms. The SMILES string of the molecule is CC(C(=O)O)c1cccc(/C=C2/SCCC2O)c1. The van der Waals surface area contributed by atoms with Crippen LogP contribution in [0.1, 0.15) is 30.4 Å². The van der Waals surface area contributed by atoms with Crippen LogP contribution in [0.15, 0.2) is 29.2 Å². The van der Waals surface area contributed by atoms with Crippen molar-refractivity contribution in [1.82, 2.24) is 0 Å². The van der Waals surface area contributed by atoms with E-state index in [1.807, 2.05) is 30.3 Å². The standard InChI is InChI=1S/C14H16O3S/c1-9(14(16)17)11-4-2-3-10(7-11)8-13-12(15)5-6-18-13/h2-4,7-9,12,15H,5-6H2,1H3,(H,16,17)/b13-8+. The number of carboxylic acid groups (broad SMARTS) is 1. The molecular formula is C14H16O3S. The van der Waals surface area contributed by atoms with Crippen LogP contribution < -0.4 is 0 Å². The van der Waals surface area contributed by atoms with Crippen LogP contribution in [0.3, 0.4) is 0 Å². The second-order valence-corrected chi connectivity index (χ2v) is 5.60. The van der Waals surface area contributed by atoms with Crippen LogP contribution in [0.5, 0.6) is 0 Å². The lowest BCUT2D eigenvalue weighted by Gasteiger charge is -2.08. The van der Waals surface area contributed by atoms with Gasteiger partial charge in [-0.05, 0) is 30.5 Å². The average Bonchev–Trinajstić information content (AvgIpc) is 2.74. The van der Waals surface area contributed by atoms with Crippen molar-refractivity contribution in [2.45, 2.75) is 25.4 Å². The molecule has 0 spiro atoms. The van der Waals surface area contributed by atoms with Gasteiger partial charge in [-0.1, -0.05) is 24.3 Å². The summed E-state index contributed by atoms with van der Waals surface area (Å²) in [5.74, 6) is -0.391. The van der Waals surface area contributed by atoms with E-state index >= 15 is 0 Å². The summed E-state index contributed by atoms with van der Waals surface area (Å²) in [6, 6.07) is 7.47. The molecule has 0 amide bonds. The van der Waals surface area contributed by atoms with Crippen LogP contribution in [0.2, 0.25) is 0 Å². The zero-order valence-electron chi connectivity index (χ0n) is 10.2. The molecule has 2 unspecified atom stereocenters. The third-order valence-electron chi connectivity index (χ3n) is 3.08. The number of benzene rings is 1. The second kappa shape index (κ2) is 5.59. The molecule has 2 N–H and O–H groups in total. The minimum atomic E-state index is -0.824. The summed E-state index contributed by atoms with van der Waals surface area (Å²) >= 11 is 1.66. The van der Waals surface area contributed by atoms with Gasteiger partial charge >= 0.3 is 5.97 Å². The second-order valence-electron chi connectivity index (χ2n) is 4.43. The summed E-state index contributed by atoms with van der Waals surface area (Å²) in [7, 11) is 0. The van der Waals surface area contributed by atoms with Crippen LogP contribution in [-0.4, -0.2) is 28.0 Å². The van der Waals surface area contributed by atoms with E-state index in [1.165, 1.54) is 0 Å². The smallest absolute Gasteiger partial charge is 0.310 e. The highest BCUT2D eigenvalue weighted by Gasteiger charge is 2.19. The molecular weight excluding hydrogens is 248 g/mol. The van der Waals surface area contributed by atoms with Crippen molar-refractivity contribution >= 4 is 23.8 Å². The van der Waals surface area contributed by atoms with Crippen molar-refractivity contribution in [3.05, 3.63) is 40.3 Å². The number of carbonyl (C=O) groups is 1. The number of aliphatic hydroxyl groups is 1. The lowest BCUT2D eigenvalue weighted by atomic mass is 9.99. The molecule has 1 fully saturated rings. The normalized spacial score (nSPS) is 23.2. The maximum absolute atomic E-state index is 10.9. The molecule has 4 heteroatoms. The highest BCUT2D eigenvalue weighted by atomic mass is 32.2. The van der Waals surface area contributed by atoms with Crippen molar-refractivity contribution < 1.29 is 15.0 Å². The molecule has 0 aromatic heterocycles. The molecule has 1 aliphatic rings. The first-order chi connectivity index (χ1) is 8.58. The maximum atomic E-state index is 10.9. The monoisotopic (exact) mass is 264 g/mol. The Hall–Kier alpha value is -1.26. The van der Waals surface area contributed by atoms with Gasteiger partial charge in [-0.2, -0.15) is 0 Å². The summed E-state index contributed by atoms with van der Waals surface area (Å²) in [4.78, 5) is 11.9. The van der Waals surface area contributed by atoms with Gasteiger partial charge in [-0.15, -0.1) is 11.8 Å². The summed E-state index contributed by atoms with van der Waals surface area (Å²) < 4.78 is 0. The fraction of sp³-hybridized carbons (Fsp3) is 0.357. The van der Waals surface area contributed by atoms with E-state index in [2.05, 4.69) is 0 Å². The Balaban J connectivity index is 2.25. The van der Waals surface area contributed by atoms with Gasteiger partial charge in [0.2, 0.25) is 0 Å². The largest absolute Gasteiger partial charge is 0.481 e. The average molecular weight is 264 g/mol. The van der Waals surface area contributed by atoms with E-state index in [4.69, 9.17) is 5.11 Å². The predicted octanol–water partition coefficient (Wildman–Crippen LogP) is 2.71. The number of thioether (sulfide) groups is 1. The first-order valence-corrected chi connectivity index (χ1v) is 6.91. The zero-order chi connectivity index (χ0) is 13.1. The summed E-state index contributed by atoms with van der Waals surface area (Å²) in [5.41, 5.74) is 1.73. The van der Waals surface area contributed by atoms with Gasteiger partial charge in [0.15, 0.2) is 0 Å². The molecule has 1 saturated heterocycles. The Kier molecular flexibility index (Phi) is 4.09. The topological polar surface area (TPSA) is 57.5 Å². The Morgan fingerprint density at radius 2 is 2.33 bits per heavy atom. The van der Waals surface area contributed by atoms with Gasteiger partial charge in [0, 0.05) is 10.7 Å². The Morgan fingerprint density at radius 1 is 1.56 bits per heavy atom. The molecule has 1 aliphatic heterocycles. The van der Waals surface area contributed by atoms with Crippen LogP contribution in [0, 0.1) is 0 Å². The highest BCUT2D eigenvalue weighted by molar-refractivity contribution is 8.03. The van der Waals surface area contributed by atoms with Crippen molar-refractivity contribution in [1.29, 1.82) is 0 Å². The molecule has 0 saturated carbocycles. The lowest BCUT2D eigenvalue weighted by molar-refractivity contribution is -0.138. The van der Waals surface area contributed by atoms with E-state index < -0.39 is 11.9 Å². The Bertz CT molecular complexity index is 482. The van der Waals surface area contributed by atoms with Crippen molar-refractivity contribution in [3.8, 4) is 0 Å². The molecule has 0 aliphatic carbocycles. The molecule has 0 radical (unpaired) electrons. The number of hydrogen-bond donors (Lipinski definition) is 2. The number of carboxylic acids is 1. The summed E-state index contributed by atoms with van der Waals surface area (Å²) in [6.07, 6.45) is 2.37.